The Kier molecular flexibility index (Phi) is 6.37. The van der Waals surface area contributed by atoms with Gasteiger partial charge in [-0.05, 0) is 48.9 Å². The Morgan fingerprint density at radius 2 is 1.88 bits per heavy atom. The number of fused-ring (bicyclic) bond motifs is 1. The van der Waals surface area contributed by atoms with Gasteiger partial charge in [-0.3, -0.25) is 9.59 Å². The maximum atomic E-state index is 12.8. The van der Waals surface area contributed by atoms with E-state index >= 15 is 0 Å². The van der Waals surface area contributed by atoms with E-state index in [-0.39, 0.29) is 11.5 Å². The summed E-state index contributed by atoms with van der Waals surface area (Å²) in [6, 6.07) is 20.6. The highest BCUT2D eigenvalue weighted by Gasteiger charge is 2.13. The molecule has 0 atom stereocenters. The summed E-state index contributed by atoms with van der Waals surface area (Å²) in [6.07, 6.45) is 0. The molecule has 162 valence electrons. The summed E-state index contributed by atoms with van der Waals surface area (Å²) in [5.74, 6) is 0.475. The molecule has 0 aliphatic rings. The first-order valence-electron chi connectivity index (χ1n) is 10.1. The fourth-order valence-corrected chi connectivity index (χ4v) is 4.01. The van der Waals surface area contributed by atoms with Crippen LogP contribution in [0, 0.1) is 6.92 Å². The Labute approximate surface area is 194 Å². The maximum absolute atomic E-state index is 12.8. The number of methoxy groups -OCH3 is 1. The lowest BCUT2D eigenvalue weighted by molar-refractivity contribution is 0.0951. The van der Waals surface area contributed by atoms with Gasteiger partial charge in [-0.1, -0.05) is 46.3 Å². The first kappa shape index (κ1) is 21.8. The summed E-state index contributed by atoms with van der Waals surface area (Å²) < 4.78 is 7.97. The smallest absolute Gasteiger partial charge is 0.272 e. The number of carbonyl (C=O) groups excluding carboxylic acids is 1. The van der Waals surface area contributed by atoms with E-state index in [0.717, 1.165) is 15.6 Å². The molecule has 6 nitrogen and oxygen atoms in total. The molecule has 1 aromatic heterocycles. The summed E-state index contributed by atoms with van der Waals surface area (Å²) in [5, 5.41) is 2.93. The number of carbonyl (C=O) groups is 1. The maximum Gasteiger partial charge on any atom is 0.272 e. The van der Waals surface area contributed by atoms with E-state index in [0.29, 0.717) is 41.1 Å². The molecule has 0 fully saturated rings. The van der Waals surface area contributed by atoms with Gasteiger partial charge in [0.2, 0.25) is 0 Å². The van der Waals surface area contributed by atoms with Crippen molar-refractivity contribution in [3.8, 4) is 5.75 Å². The van der Waals surface area contributed by atoms with Gasteiger partial charge in [0.05, 0.1) is 24.7 Å². The molecule has 32 heavy (non-hydrogen) atoms. The Bertz CT molecular complexity index is 1350. The Hall–Kier alpha value is -3.45. The number of halogens is 1. The lowest BCUT2D eigenvalue weighted by Crippen LogP contribution is -2.26. The molecule has 0 radical (unpaired) electrons. The second kappa shape index (κ2) is 9.36. The molecule has 0 bridgehead atoms. The number of aromatic nitrogens is 2. The number of rotatable bonds is 6. The molecule has 1 amide bonds. The highest BCUT2D eigenvalue weighted by molar-refractivity contribution is 9.10. The molecule has 7 heteroatoms. The summed E-state index contributed by atoms with van der Waals surface area (Å²) in [5.41, 5.74) is 3.90. The van der Waals surface area contributed by atoms with Crippen LogP contribution in [0.15, 0.2) is 76.0 Å². The van der Waals surface area contributed by atoms with Gasteiger partial charge in [0.15, 0.2) is 0 Å². The first-order valence-corrected chi connectivity index (χ1v) is 10.9. The van der Waals surface area contributed by atoms with Crippen LogP contribution in [0.3, 0.4) is 0 Å². The lowest BCUT2D eigenvalue weighted by Gasteiger charge is -2.13. The lowest BCUT2D eigenvalue weighted by atomic mass is 10.1. The normalized spacial score (nSPS) is 10.8. The van der Waals surface area contributed by atoms with Crippen molar-refractivity contribution >= 4 is 32.9 Å². The van der Waals surface area contributed by atoms with Crippen LogP contribution >= 0.6 is 15.9 Å². The van der Waals surface area contributed by atoms with Gasteiger partial charge < -0.3 is 14.6 Å². The van der Waals surface area contributed by atoms with E-state index in [2.05, 4.69) is 26.2 Å². The topological polar surface area (TPSA) is 73.2 Å². The van der Waals surface area contributed by atoms with Crippen LogP contribution in [0.4, 0.5) is 0 Å². The average Bonchev–Trinajstić information content (AvgIpc) is 2.81. The number of hydrogen-bond acceptors (Lipinski definition) is 4. The van der Waals surface area contributed by atoms with E-state index in [1.54, 1.807) is 36.8 Å². The van der Waals surface area contributed by atoms with E-state index < -0.39 is 0 Å². The molecule has 0 saturated heterocycles. The van der Waals surface area contributed by atoms with Crippen molar-refractivity contribution in [2.45, 2.75) is 20.0 Å². The predicted molar refractivity (Wildman–Crippen MR) is 128 cm³/mol. The highest BCUT2D eigenvalue weighted by Crippen LogP contribution is 2.23. The minimum atomic E-state index is -0.228. The molecule has 0 unspecified atom stereocenters. The second-order valence-corrected chi connectivity index (χ2v) is 8.33. The van der Waals surface area contributed by atoms with Gasteiger partial charge in [-0.15, -0.1) is 0 Å². The SMILES string of the molecule is COc1ccc(Br)cc1CNC(=O)c1ccc2c(c1)nc(C)c(=O)n2Cc1ccccc1. The number of nitrogens with one attached hydrogen (secondary N) is 1. The van der Waals surface area contributed by atoms with Crippen molar-refractivity contribution in [2.75, 3.05) is 7.11 Å². The first-order chi connectivity index (χ1) is 15.5. The Balaban J connectivity index is 1.62. The number of hydrogen-bond donors (Lipinski definition) is 1. The quantitative estimate of drug-likeness (QED) is 0.432. The summed E-state index contributed by atoms with van der Waals surface area (Å²) in [6.45, 7) is 2.45. The van der Waals surface area contributed by atoms with E-state index in [1.807, 2.05) is 48.5 Å². The number of nitrogens with zero attached hydrogens (tertiary/aromatic N) is 2. The van der Waals surface area contributed by atoms with Crippen LogP contribution in [-0.4, -0.2) is 22.6 Å². The van der Waals surface area contributed by atoms with Crippen LogP contribution in [-0.2, 0) is 13.1 Å². The standard InChI is InChI=1S/C25H22BrN3O3/c1-16-25(31)29(15-17-6-4-3-5-7-17)22-10-8-18(13-21(22)28-16)24(30)27-14-19-12-20(26)9-11-23(19)32-2/h3-13H,14-15H2,1-2H3,(H,27,30). The van der Waals surface area contributed by atoms with Gasteiger partial charge in [0.25, 0.3) is 11.5 Å². The predicted octanol–water partition coefficient (Wildman–Crippen LogP) is 4.45. The van der Waals surface area contributed by atoms with Gasteiger partial charge in [-0.2, -0.15) is 0 Å². The summed E-state index contributed by atoms with van der Waals surface area (Å²) >= 11 is 3.44. The largest absolute Gasteiger partial charge is 0.496 e. The third-order valence-electron chi connectivity index (χ3n) is 5.24. The Morgan fingerprint density at radius 3 is 2.62 bits per heavy atom. The summed E-state index contributed by atoms with van der Waals surface area (Å²) in [4.78, 5) is 30.0. The minimum absolute atomic E-state index is 0.139. The fraction of sp³-hybridized carbons (Fsp3) is 0.160. The van der Waals surface area contributed by atoms with E-state index in [4.69, 9.17) is 4.74 Å². The third kappa shape index (κ3) is 4.57. The summed E-state index contributed by atoms with van der Waals surface area (Å²) in [7, 11) is 1.60. The van der Waals surface area contributed by atoms with Crippen molar-refractivity contribution in [3.63, 3.8) is 0 Å². The number of benzene rings is 3. The molecule has 0 aliphatic carbocycles. The van der Waals surface area contributed by atoms with Crippen molar-refractivity contribution < 1.29 is 9.53 Å². The highest BCUT2D eigenvalue weighted by atomic mass is 79.9. The van der Waals surface area contributed by atoms with Gasteiger partial charge in [0.1, 0.15) is 11.4 Å². The van der Waals surface area contributed by atoms with E-state index in [9.17, 15) is 9.59 Å². The van der Waals surface area contributed by atoms with Crippen LogP contribution < -0.4 is 15.6 Å². The minimum Gasteiger partial charge on any atom is -0.496 e. The second-order valence-electron chi connectivity index (χ2n) is 7.42. The zero-order valence-electron chi connectivity index (χ0n) is 17.8. The van der Waals surface area contributed by atoms with E-state index in [1.165, 1.54) is 0 Å². The molecule has 0 aliphatic heterocycles. The Morgan fingerprint density at radius 1 is 1.09 bits per heavy atom. The third-order valence-corrected chi connectivity index (χ3v) is 5.73. The van der Waals surface area contributed by atoms with Gasteiger partial charge in [0, 0.05) is 22.1 Å². The monoisotopic (exact) mass is 491 g/mol. The van der Waals surface area contributed by atoms with Gasteiger partial charge >= 0.3 is 0 Å². The number of ether oxygens (including phenoxy) is 1. The fourth-order valence-electron chi connectivity index (χ4n) is 3.60. The number of amides is 1. The van der Waals surface area contributed by atoms with Crippen LogP contribution in [0.1, 0.15) is 27.2 Å². The molecule has 1 heterocycles. The van der Waals surface area contributed by atoms with Crippen LogP contribution in [0.25, 0.3) is 11.0 Å². The molecule has 1 N–H and O–H groups in total. The number of aryl methyl sites for hydroxylation is 1. The zero-order valence-corrected chi connectivity index (χ0v) is 19.3. The molecule has 4 aromatic rings. The van der Waals surface area contributed by atoms with Crippen LogP contribution in [0.5, 0.6) is 5.75 Å². The molecule has 0 spiro atoms. The van der Waals surface area contributed by atoms with Crippen molar-refractivity contribution in [3.05, 3.63) is 104 Å². The zero-order chi connectivity index (χ0) is 22.7. The van der Waals surface area contributed by atoms with Crippen molar-refractivity contribution in [1.82, 2.24) is 14.9 Å². The van der Waals surface area contributed by atoms with Crippen LogP contribution in [0.2, 0.25) is 0 Å². The molecular weight excluding hydrogens is 470 g/mol. The molecule has 3 aromatic carbocycles. The van der Waals surface area contributed by atoms with Crippen molar-refractivity contribution in [2.24, 2.45) is 0 Å². The van der Waals surface area contributed by atoms with Gasteiger partial charge in [-0.25, -0.2) is 4.98 Å². The molecule has 4 rings (SSSR count). The average molecular weight is 492 g/mol. The molecular formula is C25H22BrN3O3. The molecule has 0 saturated carbocycles. The van der Waals surface area contributed by atoms with Crippen molar-refractivity contribution in [1.29, 1.82) is 0 Å².